The van der Waals surface area contributed by atoms with Gasteiger partial charge in [-0.1, -0.05) is 35.9 Å². The molecule has 0 bridgehead atoms. The van der Waals surface area contributed by atoms with Gasteiger partial charge in [0, 0.05) is 24.5 Å². The van der Waals surface area contributed by atoms with E-state index in [1.54, 1.807) is 17.5 Å². The van der Waals surface area contributed by atoms with E-state index >= 15 is 0 Å². The van der Waals surface area contributed by atoms with E-state index in [4.69, 9.17) is 11.6 Å². The number of aryl methyl sites for hydroxylation is 1. The highest BCUT2D eigenvalue weighted by molar-refractivity contribution is 7.18. The highest BCUT2D eigenvalue weighted by atomic mass is 35.5. The molecule has 0 saturated heterocycles. The normalized spacial score (nSPS) is 10.7. The molecule has 0 amide bonds. The summed E-state index contributed by atoms with van der Waals surface area (Å²) in [7, 11) is 0. The summed E-state index contributed by atoms with van der Waals surface area (Å²) in [6, 6.07) is 7.78. The van der Waals surface area contributed by atoms with Crippen LogP contribution in [0.3, 0.4) is 0 Å². The summed E-state index contributed by atoms with van der Waals surface area (Å²) >= 11 is 7.91. The Hall–Kier alpha value is -1.98. The third-order valence-corrected chi connectivity index (χ3v) is 4.60. The number of hydrogen-bond acceptors (Lipinski definition) is 5. The Kier molecular flexibility index (Phi) is 4.88. The Labute approximate surface area is 144 Å². The molecule has 3 aromatic rings. The van der Waals surface area contributed by atoms with Crippen LogP contribution in [0.4, 0.5) is 5.13 Å². The molecule has 0 aliphatic heterocycles. The van der Waals surface area contributed by atoms with E-state index in [0.29, 0.717) is 10.8 Å². The summed E-state index contributed by atoms with van der Waals surface area (Å²) in [5.41, 5.74) is 2.81. The molecule has 0 radical (unpaired) electrons. The quantitative estimate of drug-likeness (QED) is 0.703. The molecule has 0 unspecified atom stereocenters. The maximum Gasteiger partial charge on any atom is 0.183 e. The number of nitrogens with one attached hydrogen (secondary N) is 1. The Balaban J connectivity index is 1.92. The molecule has 2 heterocycles. The van der Waals surface area contributed by atoms with Gasteiger partial charge in [-0.25, -0.2) is 15.0 Å². The second kappa shape index (κ2) is 7.06. The van der Waals surface area contributed by atoms with Gasteiger partial charge in [-0.3, -0.25) is 0 Å². The molecule has 1 N–H and O–H groups in total. The number of thiazole rings is 1. The van der Waals surface area contributed by atoms with Gasteiger partial charge in [0.15, 0.2) is 11.0 Å². The van der Waals surface area contributed by atoms with Crippen LogP contribution in [0, 0.1) is 6.92 Å². The van der Waals surface area contributed by atoms with E-state index in [1.165, 1.54) is 0 Å². The molecule has 2 aromatic heterocycles. The third-order valence-electron chi connectivity index (χ3n) is 3.31. The molecule has 6 heteroatoms. The minimum absolute atomic E-state index is 0.629. The van der Waals surface area contributed by atoms with Crippen LogP contribution < -0.4 is 5.32 Å². The van der Waals surface area contributed by atoms with Crippen molar-refractivity contribution in [3.63, 3.8) is 0 Å². The number of nitrogens with zero attached hydrogens (tertiary/aromatic N) is 3. The van der Waals surface area contributed by atoms with Crippen LogP contribution in [-0.2, 0) is 0 Å². The first-order valence-corrected chi connectivity index (χ1v) is 8.66. The first-order valence-electron chi connectivity index (χ1n) is 7.47. The van der Waals surface area contributed by atoms with Gasteiger partial charge in [-0.05, 0) is 37.1 Å². The zero-order valence-electron chi connectivity index (χ0n) is 13.0. The average molecular weight is 345 g/mol. The number of anilines is 1. The predicted molar refractivity (Wildman–Crippen MR) is 97.1 cm³/mol. The molecule has 3 rings (SSSR count). The molecule has 118 valence electrons. The SMILES string of the molecule is CCCNc1ncc(-c2ccnc(-c3ccc(C)cc3Cl)n2)s1. The second-order valence-electron chi connectivity index (χ2n) is 5.21. The first-order chi connectivity index (χ1) is 11.2. The van der Waals surface area contributed by atoms with E-state index in [2.05, 4.69) is 27.2 Å². The van der Waals surface area contributed by atoms with Gasteiger partial charge in [-0.2, -0.15) is 0 Å². The first kappa shape index (κ1) is 15.9. The van der Waals surface area contributed by atoms with Crippen LogP contribution in [0.1, 0.15) is 18.9 Å². The van der Waals surface area contributed by atoms with Crippen molar-refractivity contribution in [2.24, 2.45) is 0 Å². The molecule has 4 nitrogen and oxygen atoms in total. The van der Waals surface area contributed by atoms with Crippen LogP contribution in [0.2, 0.25) is 5.02 Å². The highest BCUT2D eigenvalue weighted by Gasteiger charge is 2.10. The number of rotatable bonds is 5. The number of hydrogen-bond donors (Lipinski definition) is 1. The molecular weight excluding hydrogens is 328 g/mol. The Morgan fingerprint density at radius 2 is 2.09 bits per heavy atom. The molecule has 0 spiro atoms. The van der Waals surface area contributed by atoms with Crippen LogP contribution in [0.5, 0.6) is 0 Å². The fourth-order valence-corrected chi connectivity index (χ4v) is 3.26. The smallest absolute Gasteiger partial charge is 0.183 e. The number of aromatic nitrogens is 3. The van der Waals surface area contributed by atoms with Crippen molar-refractivity contribution in [1.82, 2.24) is 15.0 Å². The van der Waals surface area contributed by atoms with Crippen molar-refractivity contribution >= 4 is 28.1 Å². The zero-order valence-corrected chi connectivity index (χ0v) is 14.6. The number of halogens is 1. The monoisotopic (exact) mass is 344 g/mol. The second-order valence-corrected chi connectivity index (χ2v) is 6.64. The third kappa shape index (κ3) is 3.68. The average Bonchev–Trinajstić information content (AvgIpc) is 3.02. The van der Waals surface area contributed by atoms with Crippen molar-refractivity contribution in [2.75, 3.05) is 11.9 Å². The lowest BCUT2D eigenvalue weighted by molar-refractivity contribution is 0.976. The fourth-order valence-electron chi connectivity index (χ4n) is 2.13. The molecule has 0 aliphatic carbocycles. The highest BCUT2D eigenvalue weighted by Crippen LogP contribution is 2.30. The standard InChI is InChI=1S/C17H17ClN4S/c1-3-7-20-17-21-10-15(23-17)14-6-8-19-16(22-14)12-5-4-11(2)9-13(12)18/h4-6,8-10H,3,7H2,1-2H3,(H,20,21). The maximum absolute atomic E-state index is 6.32. The van der Waals surface area contributed by atoms with E-state index in [0.717, 1.165) is 39.8 Å². The molecule has 1 aromatic carbocycles. The zero-order chi connectivity index (χ0) is 16.2. The fraction of sp³-hybridized carbons (Fsp3) is 0.235. The van der Waals surface area contributed by atoms with Crippen LogP contribution in [0.15, 0.2) is 36.7 Å². The lowest BCUT2D eigenvalue weighted by Crippen LogP contribution is -1.97. The van der Waals surface area contributed by atoms with Crippen molar-refractivity contribution < 1.29 is 0 Å². The Bertz CT molecular complexity index is 816. The van der Waals surface area contributed by atoms with Crippen LogP contribution in [-0.4, -0.2) is 21.5 Å². The summed E-state index contributed by atoms with van der Waals surface area (Å²) in [6.45, 7) is 5.06. The van der Waals surface area contributed by atoms with Gasteiger partial charge in [0.1, 0.15) is 0 Å². The summed E-state index contributed by atoms with van der Waals surface area (Å²) in [5, 5.41) is 4.87. The van der Waals surface area contributed by atoms with Crippen molar-refractivity contribution in [3.05, 3.63) is 47.2 Å². The van der Waals surface area contributed by atoms with E-state index in [9.17, 15) is 0 Å². The molecule has 0 saturated carbocycles. The molecule has 23 heavy (non-hydrogen) atoms. The Morgan fingerprint density at radius 1 is 1.22 bits per heavy atom. The van der Waals surface area contributed by atoms with Crippen LogP contribution in [0.25, 0.3) is 22.0 Å². The van der Waals surface area contributed by atoms with Gasteiger partial charge in [0.25, 0.3) is 0 Å². The summed E-state index contributed by atoms with van der Waals surface area (Å²) in [4.78, 5) is 14.4. The van der Waals surface area contributed by atoms with Gasteiger partial charge < -0.3 is 5.32 Å². The predicted octanol–water partition coefficient (Wildman–Crippen LogP) is 5.05. The van der Waals surface area contributed by atoms with Crippen LogP contribution >= 0.6 is 22.9 Å². The van der Waals surface area contributed by atoms with E-state index in [-0.39, 0.29) is 0 Å². The largest absolute Gasteiger partial charge is 0.362 e. The van der Waals surface area contributed by atoms with Crippen molar-refractivity contribution in [3.8, 4) is 22.0 Å². The Morgan fingerprint density at radius 3 is 2.87 bits per heavy atom. The summed E-state index contributed by atoms with van der Waals surface area (Å²) in [6.07, 6.45) is 4.66. The maximum atomic E-state index is 6.32. The van der Waals surface area contributed by atoms with Gasteiger partial charge in [-0.15, -0.1) is 0 Å². The number of benzene rings is 1. The van der Waals surface area contributed by atoms with Gasteiger partial charge in [0.2, 0.25) is 0 Å². The van der Waals surface area contributed by atoms with Crippen molar-refractivity contribution in [1.29, 1.82) is 0 Å². The summed E-state index contributed by atoms with van der Waals surface area (Å²) in [5.74, 6) is 0.629. The molecule has 0 atom stereocenters. The molecule has 0 aliphatic rings. The lowest BCUT2D eigenvalue weighted by Gasteiger charge is -2.05. The summed E-state index contributed by atoms with van der Waals surface area (Å²) < 4.78 is 0. The van der Waals surface area contributed by atoms with Crippen molar-refractivity contribution in [2.45, 2.75) is 20.3 Å². The molecule has 0 fully saturated rings. The minimum atomic E-state index is 0.629. The van der Waals surface area contributed by atoms with Gasteiger partial charge in [0.05, 0.1) is 15.6 Å². The van der Waals surface area contributed by atoms with E-state index < -0.39 is 0 Å². The molecular formula is C17H17ClN4S. The van der Waals surface area contributed by atoms with E-state index in [1.807, 2.05) is 37.4 Å². The van der Waals surface area contributed by atoms with Gasteiger partial charge >= 0.3 is 0 Å². The minimum Gasteiger partial charge on any atom is -0.362 e. The lowest BCUT2D eigenvalue weighted by atomic mass is 10.1. The topological polar surface area (TPSA) is 50.7 Å².